The zero-order valence-corrected chi connectivity index (χ0v) is 12.4. The highest BCUT2D eigenvalue weighted by atomic mass is 79.9. The molecular weight excluding hydrogens is 312 g/mol. The van der Waals surface area contributed by atoms with E-state index in [-0.39, 0.29) is 6.04 Å². The van der Waals surface area contributed by atoms with Crippen LogP contribution in [0.2, 0.25) is 5.02 Å². The van der Waals surface area contributed by atoms with Crippen molar-refractivity contribution in [3.8, 4) is 0 Å². The molecule has 0 aliphatic rings. The monoisotopic (exact) mass is 324 g/mol. The smallest absolute Gasteiger partial charge is 0.0622 e. The fraction of sp³-hybridized carbons (Fsp3) is 0.214. The first-order valence-electron chi connectivity index (χ1n) is 5.68. The second-order valence-electron chi connectivity index (χ2n) is 4.29. The highest BCUT2D eigenvalue weighted by Gasteiger charge is 2.10. The van der Waals surface area contributed by atoms with E-state index in [1.165, 1.54) is 5.56 Å². The Balaban J connectivity index is 2.19. The second kappa shape index (κ2) is 5.83. The SMILES string of the molecule is Cc1ccc(C(N)Cc2ccncc2Cl)cc1Br. The lowest BCUT2D eigenvalue weighted by atomic mass is 9.99. The van der Waals surface area contributed by atoms with Crippen LogP contribution in [-0.2, 0) is 6.42 Å². The van der Waals surface area contributed by atoms with Crippen LogP contribution in [-0.4, -0.2) is 4.98 Å². The van der Waals surface area contributed by atoms with Crippen LogP contribution in [0.3, 0.4) is 0 Å². The van der Waals surface area contributed by atoms with E-state index in [1.54, 1.807) is 12.4 Å². The van der Waals surface area contributed by atoms with Gasteiger partial charge in [0.15, 0.2) is 0 Å². The van der Waals surface area contributed by atoms with E-state index in [0.29, 0.717) is 11.4 Å². The zero-order valence-electron chi connectivity index (χ0n) is 10.0. The average Bonchev–Trinajstić information content (AvgIpc) is 2.35. The van der Waals surface area contributed by atoms with Gasteiger partial charge in [-0.3, -0.25) is 4.98 Å². The minimum Gasteiger partial charge on any atom is -0.324 e. The van der Waals surface area contributed by atoms with Crippen molar-refractivity contribution in [1.29, 1.82) is 0 Å². The van der Waals surface area contributed by atoms with Crippen LogP contribution in [0.4, 0.5) is 0 Å². The molecule has 94 valence electrons. The molecule has 0 amide bonds. The van der Waals surface area contributed by atoms with Crippen LogP contribution in [0.5, 0.6) is 0 Å². The van der Waals surface area contributed by atoms with Crippen LogP contribution < -0.4 is 5.73 Å². The number of nitrogens with two attached hydrogens (primary N) is 1. The molecule has 2 rings (SSSR count). The average molecular weight is 326 g/mol. The fourth-order valence-corrected chi connectivity index (χ4v) is 2.36. The van der Waals surface area contributed by atoms with Crippen molar-refractivity contribution in [2.45, 2.75) is 19.4 Å². The van der Waals surface area contributed by atoms with E-state index in [0.717, 1.165) is 15.6 Å². The molecule has 0 aliphatic heterocycles. The third kappa shape index (κ3) is 3.10. The summed E-state index contributed by atoms with van der Waals surface area (Å²) in [6, 6.07) is 8.02. The summed E-state index contributed by atoms with van der Waals surface area (Å²) in [4.78, 5) is 3.97. The van der Waals surface area contributed by atoms with Gasteiger partial charge in [-0.05, 0) is 42.2 Å². The Labute approximate surface area is 120 Å². The van der Waals surface area contributed by atoms with Crippen molar-refractivity contribution in [3.63, 3.8) is 0 Å². The summed E-state index contributed by atoms with van der Waals surface area (Å²) in [7, 11) is 0. The van der Waals surface area contributed by atoms with Crippen LogP contribution in [0.15, 0.2) is 41.1 Å². The number of rotatable bonds is 3. The molecule has 1 aromatic carbocycles. The summed E-state index contributed by atoms with van der Waals surface area (Å²) < 4.78 is 1.08. The first-order valence-corrected chi connectivity index (χ1v) is 6.85. The molecule has 2 N–H and O–H groups in total. The summed E-state index contributed by atoms with van der Waals surface area (Å²) >= 11 is 9.61. The molecule has 0 fully saturated rings. The Kier molecular flexibility index (Phi) is 4.38. The van der Waals surface area contributed by atoms with Gasteiger partial charge in [0.25, 0.3) is 0 Å². The standard InChI is InChI=1S/C14H14BrClN2/c1-9-2-3-11(6-12(9)15)14(17)7-10-4-5-18-8-13(10)16/h2-6,8,14H,7,17H2,1H3. The minimum absolute atomic E-state index is 0.0678. The Hall–Kier alpha value is -0.900. The number of nitrogens with zero attached hydrogens (tertiary/aromatic N) is 1. The molecule has 4 heteroatoms. The molecular formula is C14H14BrClN2. The van der Waals surface area contributed by atoms with E-state index in [2.05, 4.69) is 46.0 Å². The Morgan fingerprint density at radius 2 is 2.17 bits per heavy atom. The van der Waals surface area contributed by atoms with Crippen molar-refractivity contribution in [3.05, 3.63) is 62.8 Å². The summed E-state index contributed by atoms with van der Waals surface area (Å²) in [6.07, 6.45) is 4.09. The van der Waals surface area contributed by atoms with E-state index < -0.39 is 0 Å². The molecule has 0 spiro atoms. The van der Waals surface area contributed by atoms with Gasteiger partial charge in [0.2, 0.25) is 0 Å². The van der Waals surface area contributed by atoms with Crippen molar-refractivity contribution in [2.75, 3.05) is 0 Å². The van der Waals surface area contributed by atoms with Crippen molar-refractivity contribution in [2.24, 2.45) is 5.73 Å². The van der Waals surface area contributed by atoms with Gasteiger partial charge in [0, 0.05) is 22.9 Å². The van der Waals surface area contributed by atoms with Gasteiger partial charge in [-0.1, -0.05) is 39.7 Å². The van der Waals surface area contributed by atoms with Crippen LogP contribution in [0.1, 0.15) is 22.7 Å². The molecule has 0 saturated heterocycles. The lowest BCUT2D eigenvalue weighted by Gasteiger charge is -2.14. The maximum absolute atomic E-state index is 6.21. The van der Waals surface area contributed by atoms with Crippen molar-refractivity contribution < 1.29 is 0 Å². The Morgan fingerprint density at radius 1 is 1.39 bits per heavy atom. The largest absolute Gasteiger partial charge is 0.324 e. The number of pyridine rings is 1. The summed E-state index contributed by atoms with van der Waals surface area (Å²) in [5, 5.41) is 0.666. The number of halogens is 2. The van der Waals surface area contributed by atoms with Gasteiger partial charge in [0.1, 0.15) is 0 Å². The molecule has 1 atom stereocenters. The molecule has 0 aliphatic carbocycles. The second-order valence-corrected chi connectivity index (χ2v) is 5.55. The molecule has 1 heterocycles. The maximum atomic E-state index is 6.21. The topological polar surface area (TPSA) is 38.9 Å². The lowest BCUT2D eigenvalue weighted by molar-refractivity contribution is 0.720. The van der Waals surface area contributed by atoms with Crippen molar-refractivity contribution >= 4 is 27.5 Å². The van der Waals surface area contributed by atoms with Crippen LogP contribution >= 0.6 is 27.5 Å². The number of benzene rings is 1. The van der Waals surface area contributed by atoms with Crippen LogP contribution in [0.25, 0.3) is 0 Å². The number of aromatic nitrogens is 1. The third-order valence-electron chi connectivity index (χ3n) is 2.92. The fourth-order valence-electron chi connectivity index (χ4n) is 1.76. The lowest BCUT2D eigenvalue weighted by Crippen LogP contribution is -2.13. The molecule has 0 saturated carbocycles. The van der Waals surface area contributed by atoms with E-state index in [1.807, 2.05) is 6.07 Å². The first kappa shape index (κ1) is 13.5. The Bertz CT molecular complexity index is 557. The summed E-state index contributed by atoms with van der Waals surface area (Å²) in [5.74, 6) is 0. The first-order chi connectivity index (χ1) is 8.58. The Morgan fingerprint density at radius 3 is 2.83 bits per heavy atom. The predicted molar refractivity (Wildman–Crippen MR) is 78.8 cm³/mol. The molecule has 1 aromatic heterocycles. The van der Waals surface area contributed by atoms with E-state index >= 15 is 0 Å². The van der Waals surface area contributed by atoms with Gasteiger partial charge in [-0.15, -0.1) is 0 Å². The van der Waals surface area contributed by atoms with Gasteiger partial charge in [0.05, 0.1) is 5.02 Å². The van der Waals surface area contributed by atoms with Gasteiger partial charge >= 0.3 is 0 Å². The van der Waals surface area contributed by atoms with E-state index in [9.17, 15) is 0 Å². The molecule has 1 unspecified atom stereocenters. The maximum Gasteiger partial charge on any atom is 0.0622 e. The van der Waals surface area contributed by atoms with Gasteiger partial charge < -0.3 is 5.73 Å². The molecule has 2 nitrogen and oxygen atoms in total. The third-order valence-corrected chi connectivity index (χ3v) is 4.11. The highest BCUT2D eigenvalue weighted by molar-refractivity contribution is 9.10. The highest BCUT2D eigenvalue weighted by Crippen LogP contribution is 2.24. The molecule has 0 radical (unpaired) electrons. The van der Waals surface area contributed by atoms with E-state index in [4.69, 9.17) is 17.3 Å². The summed E-state index contributed by atoms with van der Waals surface area (Å²) in [6.45, 7) is 2.05. The molecule has 0 bridgehead atoms. The van der Waals surface area contributed by atoms with Gasteiger partial charge in [-0.2, -0.15) is 0 Å². The zero-order chi connectivity index (χ0) is 13.1. The van der Waals surface area contributed by atoms with Crippen molar-refractivity contribution in [1.82, 2.24) is 4.98 Å². The summed E-state index contributed by atoms with van der Waals surface area (Å²) in [5.41, 5.74) is 9.54. The predicted octanol–water partition coefficient (Wildman–Crippen LogP) is 4.05. The number of hydrogen-bond donors (Lipinski definition) is 1. The minimum atomic E-state index is -0.0678. The number of aryl methyl sites for hydroxylation is 1. The number of hydrogen-bond acceptors (Lipinski definition) is 2. The normalized spacial score (nSPS) is 12.4. The van der Waals surface area contributed by atoms with Gasteiger partial charge in [-0.25, -0.2) is 0 Å². The molecule has 2 aromatic rings. The quantitative estimate of drug-likeness (QED) is 0.924. The van der Waals surface area contributed by atoms with Crippen LogP contribution in [0, 0.1) is 6.92 Å². The molecule has 18 heavy (non-hydrogen) atoms.